The molecular formula is C11H24N2O3S. The highest BCUT2D eigenvalue weighted by atomic mass is 32.2. The maximum absolute atomic E-state index is 12.0. The second-order valence-electron chi connectivity index (χ2n) is 4.55. The van der Waals surface area contributed by atoms with Gasteiger partial charge >= 0.3 is 0 Å². The van der Waals surface area contributed by atoms with Gasteiger partial charge in [0.2, 0.25) is 10.0 Å². The van der Waals surface area contributed by atoms with E-state index < -0.39 is 10.0 Å². The van der Waals surface area contributed by atoms with Crippen molar-refractivity contribution < 1.29 is 13.5 Å². The Labute approximate surface area is 104 Å². The van der Waals surface area contributed by atoms with E-state index in [0.29, 0.717) is 32.0 Å². The molecule has 1 heterocycles. The van der Waals surface area contributed by atoms with E-state index in [2.05, 4.69) is 5.32 Å². The Hall–Kier alpha value is -0.170. The van der Waals surface area contributed by atoms with Gasteiger partial charge in [0.05, 0.1) is 5.75 Å². The third-order valence-corrected chi connectivity index (χ3v) is 5.04. The molecule has 0 saturated carbocycles. The highest BCUT2D eigenvalue weighted by molar-refractivity contribution is 7.89. The smallest absolute Gasteiger partial charge is 0.215 e. The average Bonchev–Trinajstić information content (AvgIpc) is 2.30. The van der Waals surface area contributed by atoms with Crippen LogP contribution in [0.1, 0.15) is 26.2 Å². The summed E-state index contributed by atoms with van der Waals surface area (Å²) in [5, 5.41) is 11.9. The topological polar surface area (TPSA) is 69.6 Å². The largest absolute Gasteiger partial charge is 0.396 e. The summed E-state index contributed by atoms with van der Waals surface area (Å²) in [4.78, 5) is 0. The number of aliphatic hydroxyl groups is 1. The normalized spacial score (nSPS) is 22.8. The van der Waals surface area contributed by atoms with Gasteiger partial charge in [-0.15, -0.1) is 0 Å². The second-order valence-corrected chi connectivity index (χ2v) is 6.64. The third kappa shape index (κ3) is 4.91. The number of hydrogen-bond acceptors (Lipinski definition) is 4. The van der Waals surface area contributed by atoms with Gasteiger partial charge in [0.25, 0.3) is 0 Å². The Morgan fingerprint density at radius 2 is 2.24 bits per heavy atom. The van der Waals surface area contributed by atoms with Gasteiger partial charge in [-0.3, -0.25) is 0 Å². The fourth-order valence-electron chi connectivity index (χ4n) is 2.20. The minimum absolute atomic E-state index is 0.149. The van der Waals surface area contributed by atoms with Crippen LogP contribution >= 0.6 is 0 Å². The first-order valence-corrected chi connectivity index (χ1v) is 8.00. The van der Waals surface area contributed by atoms with Crippen molar-refractivity contribution in [2.75, 3.05) is 38.5 Å². The molecule has 1 saturated heterocycles. The van der Waals surface area contributed by atoms with Crippen molar-refractivity contribution in [2.24, 2.45) is 5.92 Å². The van der Waals surface area contributed by atoms with Gasteiger partial charge in [0.1, 0.15) is 0 Å². The first-order valence-electron chi connectivity index (χ1n) is 6.39. The lowest BCUT2D eigenvalue weighted by atomic mass is 9.97. The molecule has 1 atom stereocenters. The molecule has 6 heteroatoms. The van der Waals surface area contributed by atoms with E-state index in [1.807, 2.05) is 6.92 Å². The molecule has 0 amide bonds. The lowest BCUT2D eigenvalue weighted by molar-refractivity contribution is 0.203. The van der Waals surface area contributed by atoms with Gasteiger partial charge in [-0.05, 0) is 31.7 Å². The summed E-state index contributed by atoms with van der Waals surface area (Å²) < 4.78 is 25.7. The Morgan fingerprint density at radius 3 is 2.88 bits per heavy atom. The van der Waals surface area contributed by atoms with Crippen LogP contribution in [-0.2, 0) is 10.0 Å². The summed E-state index contributed by atoms with van der Waals surface area (Å²) in [5.74, 6) is 0.495. The fraction of sp³-hybridized carbons (Fsp3) is 1.00. The Bertz CT molecular complexity index is 304. The van der Waals surface area contributed by atoms with Gasteiger partial charge in [0, 0.05) is 26.2 Å². The zero-order chi connectivity index (χ0) is 12.7. The van der Waals surface area contributed by atoms with Crippen LogP contribution in [0, 0.1) is 5.92 Å². The molecule has 1 unspecified atom stereocenters. The molecule has 2 N–H and O–H groups in total. The lowest BCUT2D eigenvalue weighted by Gasteiger charge is -2.31. The van der Waals surface area contributed by atoms with Crippen molar-refractivity contribution in [1.29, 1.82) is 0 Å². The summed E-state index contributed by atoms with van der Waals surface area (Å²) >= 11 is 0. The molecule has 0 aromatic heterocycles. The second kappa shape index (κ2) is 7.31. The maximum atomic E-state index is 12.0. The van der Waals surface area contributed by atoms with Gasteiger partial charge < -0.3 is 10.4 Å². The SMILES string of the molecule is CCNCCS(=O)(=O)N1CCCC(CCO)C1. The molecular weight excluding hydrogens is 240 g/mol. The van der Waals surface area contributed by atoms with Crippen molar-refractivity contribution in [3.8, 4) is 0 Å². The Balaban J connectivity index is 2.46. The molecule has 1 aliphatic heterocycles. The Morgan fingerprint density at radius 1 is 1.47 bits per heavy atom. The minimum Gasteiger partial charge on any atom is -0.396 e. The van der Waals surface area contributed by atoms with Crippen LogP contribution in [0.3, 0.4) is 0 Å². The first kappa shape index (κ1) is 14.9. The first-order chi connectivity index (χ1) is 8.10. The van der Waals surface area contributed by atoms with E-state index in [4.69, 9.17) is 5.11 Å². The monoisotopic (exact) mass is 264 g/mol. The molecule has 0 aromatic rings. The van der Waals surface area contributed by atoms with E-state index in [1.165, 1.54) is 0 Å². The number of sulfonamides is 1. The predicted octanol–water partition coefficient (Wildman–Crippen LogP) is 0.0201. The quantitative estimate of drug-likeness (QED) is 0.636. The molecule has 0 aliphatic carbocycles. The molecule has 1 rings (SSSR count). The molecule has 17 heavy (non-hydrogen) atoms. The average molecular weight is 264 g/mol. The predicted molar refractivity (Wildman–Crippen MR) is 68.3 cm³/mol. The van der Waals surface area contributed by atoms with Crippen molar-refractivity contribution >= 4 is 10.0 Å². The molecule has 102 valence electrons. The van der Waals surface area contributed by atoms with E-state index in [-0.39, 0.29) is 12.4 Å². The highest BCUT2D eigenvalue weighted by Crippen LogP contribution is 2.21. The molecule has 0 spiro atoms. The van der Waals surface area contributed by atoms with E-state index in [0.717, 1.165) is 19.4 Å². The number of piperidine rings is 1. The number of rotatable bonds is 7. The van der Waals surface area contributed by atoms with Crippen molar-refractivity contribution in [1.82, 2.24) is 9.62 Å². The summed E-state index contributed by atoms with van der Waals surface area (Å²) in [5.41, 5.74) is 0. The highest BCUT2D eigenvalue weighted by Gasteiger charge is 2.27. The fourth-order valence-corrected chi connectivity index (χ4v) is 3.71. The van der Waals surface area contributed by atoms with Crippen LogP contribution in [0.25, 0.3) is 0 Å². The van der Waals surface area contributed by atoms with Crippen LogP contribution in [-0.4, -0.2) is 56.4 Å². The summed E-state index contributed by atoms with van der Waals surface area (Å²) in [6.07, 6.45) is 2.64. The van der Waals surface area contributed by atoms with Crippen LogP contribution in [0.5, 0.6) is 0 Å². The van der Waals surface area contributed by atoms with Crippen molar-refractivity contribution in [3.05, 3.63) is 0 Å². The van der Waals surface area contributed by atoms with Crippen molar-refractivity contribution in [3.63, 3.8) is 0 Å². The maximum Gasteiger partial charge on any atom is 0.215 e. The molecule has 0 aromatic carbocycles. The van der Waals surface area contributed by atoms with Crippen LogP contribution in [0.4, 0.5) is 0 Å². The zero-order valence-electron chi connectivity index (χ0n) is 10.6. The van der Waals surface area contributed by atoms with Crippen molar-refractivity contribution in [2.45, 2.75) is 26.2 Å². The van der Waals surface area contributed by atoms with Crippen LogP contribution in [0.2, 0.25) is 0 Å². The number of nitrogens with one attached hydrogen (secondary N) is 1. The van der Waals surface area contributed by atoms with Gasteiger partial charge in [-0.25, -0.2) is 12.7 Å². The van der Waals surface area contributed by atoms with Gasteiger partial charge in [-0.1, -0.05) is 6.92 Å². The number of aliphatic hydroxyl groups excluding tert-OH is 1. The minimum atomic E-state index is -3.12. The van der Waals surface area contributed by atoms with Gasteiger partial charge in [-0.2, -0.15) is 0 Å². The standard InChI is InChI=1S/C11H24N2O3S/c1-2-12-6-9-17(15,16)13-7-3-4-11(10-13)5-8-14/h11-12,14H,2-10H2,1H3. The summed E-state index contributed by atoms with van der Waals surface area (Å²) in [6.45, 7) is 4.63. The number of nitrogens with zero attached hydrogens (tertiary/aromatic N) is 1. The lowest BCUT2D eigenvalue weighted by Crippen LogP contribution is -2.42. The molecule has 0 bridgehead atoms. The van der Waals surface area contributed by atoms with E-state index in [1.54, 1.807) is 4.31 Å². The zero-order valence-corrected chi connectivity index (χ0v) is 11.4. The molecule has 5 nitrogen and oxygen atoms in total. The third-order valence-electron chi connectivity index (χ3n) is 3.20. The van der Waals surface area contributed by atoms with Gasteiger partial charge in [0.15, 0.2) is 0 Å². The van der Waals surface area contributed by atoms with Crippen LogP contribution < -0.4 is 5.32 Å². The molecule has 1 aliphatic rings. The molecule has 1 fully saturated rings. The van der Waals surface area contributed by atoms with Crippen LogP contribution in [0.15, 0.2) is 0 Å². The Kier molecular flexibility index (Phi) is 6.40. The number of hydrogen-bond donors (Lipinski definition) is 2. The molecule has 0 radical (unpaired) electrons. The van der Waals surface area contributed by atoms with E-state index in [9.17, 15) is 8.42 Å². The van der Waals surface area contributed by atoms with E-state index >= 15 is 0 Å². The summed E-state index contributed by atoms with van der Waals surface area (Å²) in [7, 11) is -3.12. The summed E-state index contributed by atoms with van der Waals surface area (Å²) in [6, 6.07) is 0.